The third-order valence-corrected chi connectivity index (χ3v) is 7.09. The number of hydrogen-bond donors (Lipinski definition) is 2. The summed E-state index contributed by atoms with van der Waals surface area (Å²) in [5, 5.41) is 9.22. The highest BCUT2D eigenvalue weighted by atomic mass is 32.1. The number of guanidine groups is 1. The number of unbranched alkanes of at least 4 members (excludes halogenated alkanes) is 1. The first kappa shape index (κ1) is 22.5. The van der Waals surface area contributed by atoms with Crippen LogP contribution in [0.3, 0.4) is 0 Å². The minimum Gasteiger partial charge on any atom is -0.379 e. The number of likely N-dealkylation sites (tertiary alicyclic amines) is 1. The van der Waals surface area contributed by atoms with E-state index < -0.39 is 0 Å². The molecule has 2 N–H and O–H groups in total. The van der Waals surface area contributed by atoms with Gasteiger partial charge < -0.3 is 20.3 Å². The first-order valence-electron chi connectivity index (χ1n) is 11.3. The second-order valence-corrected chi connectivity index (χ2v) is 9.27. The first-order valence-corrected chi connectivity index (χ1v) is 12.2. The molecule has 1 unspecified atom stereocenters. The average molecular weight is 422 g/mol. The predicted molar refractivity (Wildman–Crippen MR) is 123 cm³/mol. The Morgan fingerprint density at radius 3 is 2.69 bits per heavy atom. The first-order chi connectivity index (χ1) is 14.3. The molecule has 1 aromatic heterocycles. The van der Waals surface area contributed by atoms with Gasteiger partial charge in [-0.3, -0.25) is 9.89 Å². The topological polar surface area (TPSA) is 52.1 Å². The Kier molecular flexibility index (Phi) is 9.73. The summed E-state index contributed by atoms with van der Waals surface area (Å²) in [5.41, 5.74) is 0. The van der Waals surface area contributed by atoms with Gasteiger partial charge in [-0.15, -0.1) is 11.3 Å². The normalized spacial score (nSPS) is 21.2. The van der Waals surface area contributed by atoms with Crippen LogP contribution in [0.15, 0.2) is 22.5 Å². The van der Waals surface area contributed by atoms with Gasteiger partial charge in [-0.05, 0) is 62.7 Å². The zero-order valence-corrected chi connectivity index (χ0v) is 19.1. The number of nitrogens with zero attached hydrogens (tertiary/aromatic N) is 3. The zero-order chi connectivity index (χ0) is 20.3. The predicted octanol–water partition coefficient (Wildman–Crippen LogP) is 2.80. The third-order valence-electron chi connectivity index (χ3n) is 6.11. The van der Waals surface area contributed by atoms with Crippen LogP contribution >= 0.6 is 11.3 Å². The van der Waals surface area contributed by atoms with E-state index in [1.807, 2.05) is 18.4 Å². The number of aliphatic imine (C=N–C) groups is 1. The van der Waals surface area contributed by atoms with E-state index in [-0.39, 0.29) is 0 Å². The van der Waals surface area contributed by atoms with E-state index in [0.717, 1.165) is 51.3 Å². The van der Waals surface area contributed by atoms with E-state index in [2.05, 4.69) is 49.9 Å². The molecule has 0 amide bonds. The van der Waals surface area contributed by atoms with E-state index in [9.17, 15) is 0 Å². The van der Waals surface area contributed by atoms with Crippen LogP contribution in [0.5, 0.6) is 0 Å². The molecule has 6 nitrogen and oxygen atoms in total. The van der Waals surface area contributed by atoms with Gasteiger partial charge >= 0.3 is 0 Å². The molecule has 0 saturated carbocycles. The van der Waals surface area contributed by atoms with Crippen LogP contribution in [0.4, 0.5) is 0 Å². The number of rotatable bonds is 9. The minimum absolute atomic E-state index is 0.374. The highest BCUT2D eigenvalue weighted by Crippen LogP contribution is 2.25. The minimum atomic E-state index is 0.374. The fourth-order valence-electron chi connectivity index (χ4n) is 4.15. The zero-order valence-electron chi connectivity index (χ0n) is 18.2. The summed E-state index contributed by atoms with van der Waals surface area (Å²) >= 11 is 1.83. The summed E-state index contributed by atoms with van der Waals surface area (Å²) < 4.78 is 5.54. The van der Waals surface area contributed by atoms with Crippen molar-refractivity contribution in [3.05, 3.63) is 22.4 Å². The van der Waals surface area contributed by atoms with Crippen molar-refractivity contribution >= 4 is 17.3 Å². The Balaban J connectivity index is 1.36. The number of ether oxygens (including phenoxy) is 1. The Morgan fingerprint density at radius 1 is 1.21 bits per heavy atom. The highest BCUT2D eigenvalue weighted by molar-refractivity contribution is 7.10. The van der Waals surface area contributed by atoms with Gasteiger partial charge in [-0.25, -0.2) is 0 Å². The SMILES string of the molecule is CN=C(NCCCCN1CCC(C)CC1)NCC(c1cccs1)N1CCOCC1. The lowest BCUT2D eigenvalue weighted by atomic mass is 9.99. The highest BCUT2D eigenvalue weighted by Gasteiger charge is 2.23. The smallest absolute Gasteiger partial charge is 0.191 e. The molecule has 2 aliphatic rings. The molecule has 2 aliphatic heterocycles. The van der Waals surface area contributed by atoms with Gasteiger partial charge in [0.1, 0.15) is 0 Å². The Hall–Kier alpha value is -1.15. The molecule has 1 atom stereocenters. The number of piperidine rings is 1. The molecular weight excluding hydrogens is 382 g/mol. The van der Waals surface area contributed by atoms with E-state index in [4.69, 9.17) is 4.74 Å². The molecular formula is C22H39N5OS. The monoisotopic (exact) mass is 421 g/mol. The number of thiophene rings is 1. The van der Waals surface area contributed by atoms with E-state index in [0.29, 0.717) is 6.04 Å². The van der Waals surface area contributed by atoms with Crippen LogP contribution in [0, 0.1) is 5.92 Å². The fraction of sp³-hybridized carbons (Fsp3) is 0.773. The molecule has 7 heteroatoms. The van der Waals surface area contributed by atoms with Crippen molar-refractivity contribution in [1.29, 1.82) is 0 Å². The summed E-state index contributed by atoms with van der Waals surface area (Å²) in [4.78, 5) is 11.0. The summed E-state index contributed by atoms with van der Waals surface area (Å²) in [6.45, 7) is 11.6. The van der Waals surface area contributed by atoms with E-state index in [1.165, 1.54) is 50.2 Å². The van der Waals surface area contributed by atoms with Gasteiger partial charge in [0.2, 0.25) is 0 Å². The lowest BCUT2D eigenvalue weighted by Gasteiger charge is -2.34. The van der Waals surface area contributed by atoms with Gasteiger partial charge in [0.25, 0.3) is 0 Å². The van der Waals surface area contributed by atoms with Crippen molar-refractivity contribution in [3.63, 3.8) is 0 Å². The molecule has 1 aromatic rings. The second-order valence-electron chi connectivity index (χ2n) is 8.29. The molecule has 0 radical (unpaired) electrons. The lowest BCUT2D eigenvalue weighted by molar-refractivity contribution is 0.0177. The molecule has 3 rings (SSSR count). The van der Waals surface area contributed by atoms with Crippen LogP contribution in [-0.2, 0) is 4.74 Å². The molecule has 0 spiro atoms. The Labute approximate surface area is 180 Å². The second kappa shape index (κ2) is 12.5. The molecule has 164 valence electrons. The summed E-state index contributed by atoms with van der Waals surface area (Å²) in [6, 6.07) is 4.76. The maximum Gasteiger partial charge on any atom is 0.191 e. The van der Waals surface area contributed by atoms with Crippen LogP contribution in [-0.4, -0.2) is 81.8 Å². The standard InChI is InChI=1S/C22H39N5OS/c1-19-7-11-26(12-8-19)10-4-3-9-24-22(23-2)25-18-20(21-6-5-17-29-21)27-13-15-28-16-14-27/h5-6,17,19-20H,3-4,7-16,18H2,1-2H3,(H2,23,24,25). The average Bonchev–Trinajstić information content (AvgIpc) is 3.29. The number of hydrogen-bond acceptors (Lipinski definition) is 5. The summed E-state index contributed by atoms with van der Waals surface area (Å²) in [6.07, 6.45) is 5.17. The van der Waals surface area contributed by atoms with Crippen molar-refractivity contribution in [2.24, 2.45) is 10.9 Å². The van der Waals surface area contributed by atoms with Gasteiger partial charge in [0, 0.05) is 38.1 Å². The Morgan fingerprint density at radius 2 is 2.00 bits per heavy atom. The van der Waals surface area contributed by atoms with Crippen LogP contribution in [0.25, 0.3) is 0 Å². The quantitative estimate of drug-likeness (QED) is 0.365. The van der Waals surface area contributed by atoms with Crippen molar-refractivity contribution in [1.82, 2.24) is 20.4 Å². The fourth-order valence-corrected chi connectivity index (χ4v) is 5.01. The van der Waals surface area contributed by atoms with Gasteiger partial charge in [-0.2, -0.15) is 0 Å². The summed E-state index contributed by atoms with van der Waals surface area (Å²) in [5.74, 6) is 1.82. The van der Waals surface area contributed by atoms with Crippen molar-refractivity contribution in [2.45, 2.75) is 38.6 Å². The molecule has 29 heavy (non-hydrogen) atoms. The molecule has 2 saturated heterocycles. The van der Waals surface area contributed by atoms with Crippen LogP contribution in [0.2, 0.25) is 0 Å². The Bertz CT molecular complexity index is 580. The van der Waals surface area contributed by atoms with Gasteiger partial charge in [0.15, 0.2) is 5.96 Å². The number of morpholine rings is 1. The maximum atomic E-state index is 5.54. The molecule has 0 aliphatic carbocycles. The third kappa shape index (κ3) is 7.55. The van der Waals surface area contributed by atoms with Crippen LogP contribution in [0.1, 0.15) is 43.5 Å². The number of nitrogens with one attached hydrogen (secondary N) is 2. The van der Waals surface area contributed by atoms with E-state index >= 15 is 0 Å². The van der Waals surface area contributed by atoms with Gasteiger partial charge in [0.05, 0.1) is 19.3 Å². The summed E-state index contributed by atoms with van der Waals surface area (Å²) in [7, 11) is 1.86. The van der Waals surface area contributed by atoms with Crippen molar-refractivity contribution in [3.8, 4) is 0 Å². The van der Waals surface area contributed by atoms with Gasteiger partial charge in [-0.1, -0.05) is 13.0 Å². The molecule has 2 fully saturated rings. The van der Waals surface area contributed by atoms with Crippen molar-refractivity contribution < 1.29 is 4.74 Å². The lowest BCUT2D eigenvalue weighted by Crippen LogP contribution is -2.46. The van der Waals surface area contributed by atoms with Crippen LogP contribution < -0.4 is 10.6 Å². The van der Waals surface area contributed by atoms with Crippen molar-refractivity contribution in [2.75, 3.05) is 66.1 Å². The molecule has 0 bridgehead atoms. The maximum absolute atomic E-state index is 5.54. The molecule has 0 aromatic carbocycles. The largest absolute Gasteiger partial charge is 0.379 e. The molecule has 3 heterocycles. The van der Waals surface area contributed by atoms with E-state index in [1.54, 1.807) is 0 Å².